The van der Waals surface area contributed by atoms with Gasteiger partial charge in [0, 0.05) is 24.6 Å². The number of methoxy groups -OCH3 is 1. The van der Waals surface area contributed by atoms with E-state index in [2.05, 4.69) is 4.98 Å². The molecule has 2 aromatic rings. The minimum atomic E-state index is -0.756. The number of nitrogens with zero attached hydrogens (tertiary/aromatic N) is 1. The van der Waals surface area contributed by atoms with Crippen LogP contribution in [0.25, 0.3) is 11.1 Å². The fourth-order valence-corrected chi connectivity index (χ4v) is 2.91. The van der Waals surface area contributed by atoms with E-state index in [0.717, 1.165) is 16.8 Å². The number of ether oxygens (including phenoxy) is 3. The summed E-state index contributed by atoms with van der Waals surface area (Å²) in [5, 5.41) is 0. The van der Waals surface area contributed by atoms with Crippen LogP contribution in [-0.4, -0.2) is 30.4 Å². The van der Waals surface area contributed by atoms with Crippen LogP contribution in [0.2, 0.25) is 0 Å². The van der Waals surface area contributed by atoms with Crippen LogP contribution >= 0.6 is 0 Å². The second kappa shape index (κ2) is 7.70. The monoisotopic (exact) mass is 360 g/mol. The fraction of sp³-hybridized carbons (Fsp3) is 0.368. The number of carbonyl (C=O) groups is 1. The van der Waals surface area contributed by atoms with E-state index < -0.39 is 11.9 Å². The van der Waals surface area contributed by atoms with Crippen molar-refractivity contribution in [3.05, 3.63) is 48.0 Å². The van der Waals surface area contributed by atoms with Crippen LogP contribution in [0.5, 0.6) is 5.75 Å². The lowest BCUT2D eigenvalue weighted by atomic mass is 9.91. The third-order valence-corrected chi connectivity index (χ3v) is 4.42. The van der Waals surface area contributed by atoms with Crippen molar-refractivity contribution < 1.29 is 23.4 Å². The normalized spacial score (nSPS) is 20.1. The number of amides is 1. The van der Waals surface area contributed by atoms with Crippen LogP contribution in [0, 0.1) is 5.82 Å². The SMILES string of the molecule is COc1ccc(-c2ccc(C(C)O[C@H]3C[C@@H](OC(N)=O)C3)nc2)cc1F. The Labute approximate surface area is 151 Å². The van der Waals surface area contributed by atoms with Gasteiger partial charge in [0.25, 0.3) is 0 Å². The Morgan fingerprint density at radius 2 is 1.96 bits per heavy atom. The van der Waals surface area contributed by atoms with Gasteiger partial charge in [-0.05, 0) is 30.7 Å². The standard InChI is InChI=1S/C19H21FN2O4/c1-11(25-14-8-15(9-14)26-19(21)23)17-5-3-13(10-22-17)12-4-6-18(24-2)16(20)7-12/h3-7,10-11,14-15H,8-9H2,1-2H3,(H2,21,23)/t11?,14-,15+. The Hall–Kier alpha value is -2.67. The van der Waals surface area contributed by atoms with E-state index in [-0.39, 0.29) is 24.1 Å². The highest BCUT2D eigenvalue weighted by Gasteiger charge is 2.34. The van der Waals surface area contributed by atoms with Crippen molar-refractivity contribution in [1.29, 1.82) is 0 Å². The van der Waals surface area contributed by atoms with Gasteiger partial charge < -0.3 is 19.9 Å². The third kappa shape index (κ3) is 4.11. The van der Waals surface area contributed by atoms with Crippen LogP contribution in [0.4, 0.5) is 9.18 Å². The Balaban J connectivity index is 1.59. The van der Waals surface area contributed by atoms with Gasteiger partial charge in [-0.25, -0.2) is 9.18 Å². The molecule has 1 saturated carbocycles. The van der Waals surface area contributed by atoms with Gasteiger partial charge in [0.15, 0.2) is 11.6 Å². The number of primary amides is 1. The molecular formula is C19H21FN2O4. The first-order valence-electron chi connectivity index (χ1n) is 8.37. The summed E-state index contributed by atoms with van der Waals surface area (Å²) in [7, 11) is 1.43. The average Bonchev–Trinajstić information content (AvgIpc) is 2.59. The van der Waals surface area contributed by atoms with Crippen molar-refractivity contribution >= 4 is 6.09 Å². The smallest absolute Gasteiger partial charge is 0.404 e. The molecule has 0 radical (unpaired) electrons. The molecule has 1 fully saturated rings. The largest absolute Gasteiger partial charge is 0.494 e. The number of rotatable bonds is 6. The quantitative estimate of drug-likeness (QED) is 0.851. The molecule has 1 unspecified atom stereocenters. The first-order chi connectivity index (χ1) is 12.5. The molecule has 1 aromatic carbocycles. The summed E-state index contributed by atoms with van der Waals surface area (Å²) < 4.78 is 29.6. The maximum atomic E-state index is 13.8. The van der Waals surface area contributed by atoms with Crippen molar-refractivity contribution in [3.8, 4) is 16.9 Å². The summed E-state index contributed by atoms with van der Waals surface area (Å²) in [5.74, 6) is -0.206. The van der Waals surface area contributed by atoms with E-state index >= 15 is 0 Å². The molecule has 0 spiro atoms. The molecule has 1 heterocycles. The molecule has 26 heavy (non-hydrogen) atoms. The number of hydrogen-bond acceptors (Lipinski definition) is 5. The summed E-state index contributed by atoms with van der Waals surface area (Å²) in [5.41, 5.74) is 7.30. The van der Waals surface area contributed by atoms with Crippen LogP contribution < -0.4 is 10.5 Å². The maximum Gasteiger partial charge on any atom is 0.404 e. The van der Waals surface area contributed by atoms with Crippen LogP contribution in [0.1, 0.15) is 31.6 Å². The minimum absolute atomic E-state index is 0.0199. The van der Waals surface area contributed by atoms with Gasteiger partial charge in [-0.3, -0.25) is 4.98 Å². The van der Waals surface area contributed by atoms with Gasteiger partial charge in [-0.15, -0.1) is 0 Å². The number of aromatic nitrogens is 1. The zero-order valence-corrected chi connectivity index (χ0v) is 14.6. The molecule has 1 aliphatic rings. The number of carbonyl (C=O) groups excluding carboxylic acids is 1. The van der Waals surface area contributed by atoms with E-state index in [9.17, 15) is 9.18 Å². The topological polar surface area (TPSA) is 83.7 Å². The summed E-state index contributed by atoms with van der Waals surface area (Å²) in [6, 6.07) is 8.53. The van der Waals surface area contributed by atoms with Gasteiger partial charge in [0.2, 0.25) is 0 Å². The summed E-state index contributed by atoms with van der Waals surface area (Å²) in [6.07, 6.45) is 1.87. The number of pyridine rings is 1. The zero-order valence-electron chi connectivity index (χ0n) is 14.6. The number of hydrogen-bond donors (Lipinski definition) is 1. The van der Waals surface area contributed by atoms with E-state index in [1.807, 2.05) is 19.1 Å². The molecule has 1 amide bonds. The molecule has 1 aromatic heterocycles. The van der Waals surface area contributed by atoms with Crippen LogP contribution in [0.15, 0.2) is 36.5 Å². The molecule has 7 heteroatoms. The Morgan fingerprint density at radius 3 is 2.54 bits per heavy atom. The fourth-order valence-electron chi connectivity index (χ4n) is 2.91. The molecule has 6 nitrogen and oxygen atoms in total. The van der Waals surface area contributed by atoms with Crippen molar-refractivity contribution in [3.63, 3.8) is 0 Å². The van der Waals surface area contributed by atoms with E-state index in [4.69, 9.17) is 19.9 Å². The molecule has 0 aliphatic heterocycles. The molecule has 0 bridgehead atoms. The lowest BCUT2D eigenvalue weighted by Gasteiger charge is -2.35. The van der Waals surface area contributed by atoms with E-state index in [1.165, 1.54) is 13.2 Å². The Bertz CT molecular complexity index is 776. The second-order valence-corrected chi connectivity index (χ2v) is 6.25. The van der Waals surface area contributed by atoms with Crippen LogP contribution in [0.3, 0.4) is 0 Å². The molecular weight excluding hydrogens is 339 g/mol. The first kappa shape index (κ1) is 18.1. The van der Waals surface area contributed by atoms with Gasteiger partial charge in [-0.1, -0.05) is 12.1 Å². The van der Waals surface area contributed by atoms with Gasteiger partial charge in [0.05, 0.1) is 25.0 Å². The molecule has 3 rings (SSSR count). The molecule has 138 valence electrons. The average molecular weight is 360 g/mol. The first-order valence-corrected chi connectivity index (χ1v) is 8.37. The Morgan fingerprint density at radius 1 is 1.23 bits per heavy atom. The zero-order chi connectivity index (χ0) is 18.7. The highest BCUT2D eigenvalue weighted by atomic mass is 19.1. The number of nitrogens with two attached hydrogens (primary N) is 1. The van der Waals surface area contributed by atoms with Crippen molar-refractivity contribution in [2.75, 3.05) is 7.11 Å². The summed E-state index contributed by atoms with van der Waals surface area (Å²) in [6.45, 7) is 1.91. The summed E-state index contributed by atoms with van der Waals surface area (Å²) >= 11 is 0. The predicted molar refractivity (Wildman–Crippen MR) is 93.2 cm³/mol. The number of halogens is 1. The maximum absolute atomic E-state index is 13.8. The Kier molecular flexibility index (Phi) is 5.37. The molecule has 1 aliphatic carbocycles. The second-order valence-electron chi connectivity index (χ2n) is 6.25. The van der Waals surface area contributed by atoms with Gasteiger partial charge in [0.1, 0.15) is 6.10 Å². The van der Waals surface area contributed by atoms with Gasteiger partial charge >= 0.3 is 6.09 Å². The van der Waals surface area contributed by atoms with Crippen LogP contribution in [-0.2, 0) is 9.47 Å². The summed E-state index contributed by atoms with van der Waals surface area (Å²) in [4.78, 5) is 15.1. The number of benzene rings is 1. The molecule has 2 N–H and O–H groups in total. The predicted octanol–water partition coefficient (Wildman–Crippen LogP) is 3.60. The highest BCUT2D eigenvalue weighted by Crippen LogP contribution is 2.31. The highest BCUT2D eigenvalue weighted by molar-refractivity contribution is 5.65. The van der Waals surface area contributed by atoms with E-state index in [0.29, 0.717) is 12.8 Å². The minimum Gasteiger partial charge on any atom is -0.494 e. The lowest BCUT2D eigenvalue weighted by Crippen LogP contribution is -2.40. The lowest BCUT2D eigenvalue weighted by molar-refractivity contribution is -0.102. The van der Waals surface area contributed by atoms with Crippen molar-refractivity contribution in [2.24, 2.45) is 5.73 Å². The third-order valence-electron chi connectivity index (χ3n) is 4.42. The van der Waals surface area contributed by atoms with Gasteiger partial charge in [-0.2, -0.15) is 0 Å². The van der Waals surface area contributed by atoms with E-state index in [1.54, 1.807) is 18.3 Å². The molecule has 0 saturated heterocycles. The van der Waals surface area contributed by atoms with Crippen molar-refractivity contribution in [2.45, 2.75) is 38.1 Å². The van der Waals surface area contributed by atoms with Crippen molar-refractivity contribution in [1.82, 2.24) is 4.98 Å². The molecule has 1 atom stereocenters.